The van der Waals surface area contributed by atoms with Gasteiger partial charge in [0.1, 0.15) is 5.82 Å². The van der Waals surface area contributed by atoms with Gasteiger partial charge < -0.3 is 19.7 Å². The molecule has 0 atom stereocenters. The number of ether oxygens (including phenoxy) is 1. The Balaban J connectivity index is 2.29. The van der Waals surface area contributed by atoms with Crippen molar-refractivity contribution in [1.29, 1.82) is 0 Å². The highest BCUT2D eigenvalue weighted by molar-refractivity contribution is 4.91. The minimum atomic E-state index is 0.217. The van der Waals surface area contributed by atoms with Gasteiger partial charge in [-0.3, -0.25) is 0 Å². The van der Waals surface area contributed by atoms with E-state index in [1.54, 1.807) is 13.3 Å². The van der Waals surface area contributed by atoms with E-state index >= 15 is 0 Å². The van der Waals surface area contributed by atoms with Gasteiger partial charge >= 0.3 is 0 Å². The third kappa shape index (κ3) is 4.42. The van der Waals surface area contributed by atoms with Crippen LogP contribution in [0.5, 0.6) is 0 Å². The van der Waals surface area contributed by atoms with Gasteiger partial charge in [-0.1, -0.05) is 0 Å². The molecule has 0 amide bonds. The first kappa shape index (κ1) is 12.2. The SMILES string of the molecule is COCCNCc1nccn1CCCO. The highest BCUT2D eigenvalue weighted by Gasteiger charge is 2.01. The predicted molar refractivity (Wildman–Crippen MR) is 57.5 cm³/mol. The van der Waals surface area contributed by atoms with Crippen LogP contribution >= 0.6 is 0 Å². The lowest BCUT2D eigenvalue weighted by Crippen LogP contribution is -2.21. The molecule has 86 valence electrons. The first-order chi connectivity index (χ1) is 7.38. The van der Waals surface area contributed by atoms with Crippen LogP contribution in [-0.2, 0) is 17.8 Å². The number of hydrogen-bond acceptors (Lipinski definition) is 4. The molecule has 5 nitrogen and oxygen atoms in total. The van der Waals surface area contributed by atoms with Crippen LogP contribution in [0.15, 0.2) is 12.4 Å². The van der Waals surface area contributed by atoms with Gasteiger partial charge in [0.15, 0.2) is 0 Å². The van der Waals surface area contributed by atoms with E-state index < -0.39 is 0 Å². The quantitative estimate of drug-likeness (QED) is 0.597. The number of aliphatic hydroxyl groups excluding tert-OH is 1. The van der Waals surface area contributed by atoms with E-state index in [1.807, 2.05) is 6.20 Å². The summed E-state index contributed by atoms with van der Waals surface area (Å²) in [6.07, 6.45) is 4.48. The zero-order chi connectivity index (χ0) is 10.9. The summed E-state index contributed by atoms with van der Waals surface area (Å²) in [6.45, 7) is 3.30. The fourth-order valence-electron chi connectivity index (χ4n) is 1.33. The largest absolute Gasteiger partial charge is 0.396 e. The van der Waals surface area contributed by atoms with Crippen LogP contribution in [0.1, 0.15) is 12.2 Å². The van der Waals surface area contributed by atoms with Crippen molar-refractivity contribution in [3.8, 4) is 0 Å². The second kappa shape index (κ2) is 7.39. The van der Waals surface area contributed by atoms with Crippen LogP contribution in [0.4, 0.5) is 0 Å². The van der Waals surface area contributed by atoms with Crippen molar-refractivity contribution in [1.82, 2.24) is 14.9 Å². The van der Waals surface area contributed by atoms with Gasteiger partial charge in [-0.2, -0.15) is 0 Å². The topological polar surface area (TPSA) is 59.3 Å². The Kier molecular flexibility index (Phi) is 5.99. The maximum absolute atomic E-state index is 8.74. The lowest BCUT2D eigenvalue weighted by atomic mass is 10.4. The lowest BCUT2D eigenvalue weighted by molar-refractivity contribution is 0.198. The number of rotatable bonds is 8. The standard InChI is InChI=1S/C10H19N3O2/c1-15-8-4-11-9-10-12-3-6-13(10)5-2-7-14/h3,6,11,14H,2,4-5,7-9H2,1H3. The Morgan fingerprint density at radius 3 is 3.20 bits per heavy atom. The van der Waals surface area contributed by atoms with Crippen LogP contribution < -0.4 is 5.32 Å². The molecule has 0 radical (unpaired) electrons. The molecule has 1 rings (SSSR count). The summed E-state index contributed by atoms with van der Waals surface area (Å²) >= 11 is 0. The number of nitrogens with zero attached hydrogens (tertiary/aromatic N) is 2. The monoisotopic (exact) mass is 213 g/mol. The van der Waals surface area contributed by atoms with Gasteiger partial charge in [-0.25, -0.2) is 4.98 Å². The van der Waals surface area contributed by atoms with Crippen molar-refractivity contribution >= 4 is 0 Å². The number of imidazole rings is 1. The van der Waals surface area contributed by atoms with E-state index in [2.05, 4.69) is 14.9 Å². The molecule has 5 heteroatoms. The van der Waals surface area contributed by atoms with Crippen LogP contribution in [0.2, 0.25) is 0 Å². The fourth-order valence-corrected chi connectivity index (χ4v) is 1.33. The summed E-state index contributed by atoms with van der Waals surface area (Å²) in [7, 11) is 1.68. The van der Waals surface area contributed by atoms with E-state index in [-0.39, 0.29) is 6.61 Å². The van der Waals surface area contributed by atoms with Crippen LogP contribution in [0, 0.1) is 0 Å². The van der Waals surface area contributed by atoms with E-state index in [1.165, 1.54) is 0 Å². The fraction of sp³-hybridized carbons (Fsp3) is 0.700. The molecule has 0 saturated carbocycles. The molecule has 1 aromatic heterocycles. The molecular weight excluding hydrogens is 194 g/mol. The molecule has 0 aliphatic carbocycles. The minimum Gasteiger partial charge on any atom is -0.396 e. The Bertz CT molecular complexity index is 263. The third-order valence-electron chi connectivity index (χ3n) is 2.12. The molecule has 1 heterocycles. The number of hydrogen-bond donors (Lipinski definition) is 2. The summed E-state index contributed by atoms with van der Waals surface area (Å²) in [6, 6.07) is 0. The van der Waals surface area contributed by atoms with Gasteiger partial charge in [-0.05, 0) is 6.42 Å². The van der Waals surface area contributed by atoms with Crippen molar-refractivity contribution < 1.29 is 9.84 Å². The Morgan fingerprint density at radius 2 is 2.47 bits per heavy atom. The van der Waals surface area contributed by atoms with E-state index in [9.17, 15) is 0 Å². The number of aliphatic hydroxyl groups is 1. The highest BCUT2D eigenvalue weighted by atomic mass is 16.5. The van der Waals surface area contributed by atoms with Gasteiger partial charge in [0.2, 0.25) is 0 Å². The Hall–Kier alpha value is -0.910. The molecule has 0 aliphatic heterocycles. The molecular formula is C10H19N3O2. The van der Waals surface area contributed by atoms with Crippen molar-refractivity contribution in [2.24, 2.45) is 0 Å². The summed E-state index contributed by atoms with van der Waals surface area (Å²) in [4.78, 5) is 4.24. The maximum atomic E-state index is 8.74. The number of methoxy groups -OCH3 is 1. The van der Waals surface area contributed by atoms with Crippen LogP contribution in [0.25, 0.3) is 0 Å². The zero-order valence-corrected chi connectivity index (χ0v) is 9.15. The smallest absolute Gasteiger partial charge is 0.122 e. The molecule has 15 heavy (non-hydrogen) atoms. The minimum absolute atomic E-state index is 0.217. The predicted octanol–water partition coefficient (Wildman–Crippen LogP) is 0.00150. The summed E-state index contributed by atoms with van der Waals surface area (Å²) in [5.41, 5.74) is 0. The molecule has 0 fully saturated rings. The van der Waals surface area contributed by atoms with E-state index in [4.69, 9.17) is 9.84 Å². The van der Waals surface area contributed by atoms with Crippen LogP contribution in [-0.4, -0.2) is 41.5 Å². The second-order valence-electron chi connectivity index (χ2n) is 3.28. The second-order valence-corrected chi connectivity index (χ2v) is 3.28. The molecule has 0 unspecified atom stereocenters. The summed E-state index contributed by atoms with van der Waals surface area (Å²) in [5, 5.41) is 12.0. The molecule has 2 N–H and O–H groups in total. The Labute approximate surface area is 90.1 Å². The number of nitrogens with one attached hydrogen (secondary N) is 1. The number of aryl methyl sites for hydroxylation is 1. The zero-order valence-electron chi connectivity index (χ0n) is 9.15. The maximum Gasteiger partial charge on any atom is 0.122 e. The van der Waals surface area contributed by atoms with Gasteiger partial charge in [0, 0.05) is 39.2 Å². The van der Waals surface area contributed by atoms with Crippen molar-refractivity contribution in [3.63, 3.8) is 0 Å². The molecule has 0 bridgehead atoms. The number of aromatic nitrogens is 2. The summed E-state index contributed by atoms with van der Waals surface area (Å²) < 4.78 is 6.99. The van der Waals surface area contributed by atoms with Crippen molar-refractivity contribution in [3.05, 3.63) is 18.2 Å². The Morgan fingerprint density at radius 1 is 1.60 bits per heavy atom. The average Bonchev–Trinajstić information content (AvgIpc) is 2.69. The van der Waals surface area contributed by atoms with E-state index in [0.717, 1.165) is 31.9 Å². The molecule has 0 aromatic carbocycles. The van der Waals surface area contributed by atoms with E-state index in [0.29, 0.717) is 6.61 Å². The van der Waals surface area contributed by atoms with Crippen molar-refractivity contribution in [2.75, 3.05) is 26.9 Å². The highest BCUT2D eigenvalue weighted by Crippen LogP contribution is 1.98. The third-order valence-corrected chi connectivity index (χ3v) is 2.12. The van der Waals surface area contributed by atoms with Gasteiger partial charge in [-0.15, -0.1) is 0 Å². The molecule has 1 aromatic rings. The first-order valence-corrected chi connectivity index (χ1v) is 5.19. The molecule has 0 aliphatic rings. The summed E-state index contributed by atoms with van der Waals surface area (Å²) in [5.74, 6) is 1.000. The molecule has 0 saturated heterocycles. The molecule has 0 spiro atoms. The van der Waals surface area contributed by atoms with Crippen LogP contribution in [0.3, 0.4) is 0 Å². The lowest BCUT2D eigenvalue weighted by Gasteiger charge is -2.07. The first-order valence-electron chi connectivity index (χ1n) is 5.19. The average molecular weight is 213 g/mol. The van der Waals surface area contributed by atoms with Crippen molar-refractivity contribution in [2.45, 2.75) is 19.5 Å². The van der Waals surface area contributed by atoms with Gasteiger partial charge in [0.25, 0.3) is 0 Å². The van der Waals surface area contributed by atoms with Gasteiger partial charge in [0.05, 0.1) is 13.2 Å². The normalized spacial score (nSPS) is 10.8.